The maximum Gasteiger partial charge on any atom is 0.238 e. The van der Waals surface area contributed by atoms with Crippen molar-refractivity contribution in [2.75, 3.05) is 0 Å². The van der Waals surface area contributed by atoms with Crippen LogP contribution >= 0.6 is 0 Å². The maximum atomic E-state index is 6.62. The lowest BCUT2D eigenvalue weighted by molar-refractivity contribution is 0.669. The van der Waals surface area contributed by atoms with Gasteiger partial charge in [0.2, 0.25) is 5.95 Å². The molecule has 7 nitrogen and oxygen atoms in total. The summed E-state index contributed by atoms with van der Waals surface area (Å²) in [6.45, 7) is 0. The Morgan fingerprint density at radius 2 is 1.03 bits per heavy atom. The average Bonchev–Trinajstić information content (AvgIpc) is 4.11. The predicted molar refractivity (Wildman–Crippen MR) is 259 cm³/mol. The second-order valence-electron chi connectivity index (χ2n) is 16.6. The van der Waals surface area contributed by atoms with Crippen LogP contribution in [-0.4, -0.2) is 24.1 Å². The van der Waals surface area contributed by atoms with Crippen LogP contribution < -0.4 is 0 Å². The largest absolute Gasteiger partial charge is 0.456 e. The molecule has 0 saturated heterocycles. The van der Waals surface area contributed by atoms with E-state index < -0.39 is 0 Å². The summed E-state index contributed by atoms with van der Waals surface area (Å²) in [5.41, 5.74) is 14.1. The van der Waals surface area contributed by atoms with Gasteiger partial charge in [-0.1, -0.05) is 121 Å². The molecule has 0 saturated carbocycles. The van der Waals surface area contributed by atoms with E-state index in [0.29, 0.717) is 17.6 Å². The van der Waals surface area contributed by atoms with Crippen molar-refractivity contribution in [1.29, 1.82) is 0 Å². The molecule has 64 heavy (non-hydrogen) atoms. The highest BCUT2D eigenvalue weighted by atomic mass is 16.3. The summed E-state index contributed by atoms with van der Waals surface area (Å²) in [5.74, 6) is 1.77. The summed E-state index contributed by atoms with van der Waals surface area (Å²) in [6.07, 6.45) is 6.43. The Morgan fingerprint density at radius 3 is 1.78 bits per heavy atom. The normalized spacial score (nSPS) is 12.8. The van der Waals surface area contributed by atoms with Crippen LogP contribution in [0.15, 0.2) is 191 Å². The average molecular weight is 822 g/mol. The molecule has 300 valence electrons. The van der Waals surface area contributed by atoms with Gasteiger partial charge in [0.15, 0.2) is 11.6 Å². The zero-order valence-corrected chi connectivity index (χ0v) is 34.4. The molecule has 0 N–H and O–H groups in total. The molecule has 14 rings (SSSR count). The fraction of sp³-hybridized carbons (Fsp3) is 0.0351. The van der Waals surface area contributed by atoms with Crippen LogP contribution in [0.5, 0.6) is 0 Å². The van der Waals surface area contributed by atoms with Crippen molar-refractivity contribution < 1.29 is 8.83 Å². The zero-order valence-electron chi connectivity index (χ0n) is 34.4. The van der Waals surface area contributed by atoms with Crippen LogP contribution in [0.1, 0.15) is 17.7 Å². The Morgan fingerprint density at radius 1 is 0.422 bits per heavy atom. The van der Waals surface area contributed by atoms with Gasteiger partial charge in [0, 0.05) is 54.5 Å². The van der Waals surface area contributed by atoms with Gasteiger partial charge in [0.1, 0.15) is 22.3 Å². The summed E-state index contributed by atoms with van der Waals surface area (Å²) in [4.78, 5) is 15.7. The van der Waals surface area contributed by atoms with Crippen LogP contribution in [0.25, 0.3) is 128 Å². The topological polar surface area (TPSA) is 74.8 Å². The number of furan rings is 2. The molecule has 13 aromatic rings. The van der Waals surface area contributed by atoms with E-state index in [4.69, 9.17) is 23.8 Å². The summed E-state index contributed by atoms with van der Waals surface area (Å²) < 4.78 is 17.8. The van der Waals surface area contributed by atoms with Crippen LogP contribution in [0.2, 0.25) is 0 Å². The van der Waals surface area contributed by atoms with Crippen molar-refractivity contribution in [1.82, 2.24) is 24.1 Å². The van der Waals surface area contributed by atoms with Gasteiger partial charge in [-0.2, -0.15) is 9.97 Å². The lowest BCUT2D eigenvalue weighted by Crippen LogP contribution is -2.08. The Hall–Kier alpha value is -8.55. The standard InChI is InChI=1S/C57H35N5O2/c1-2-14-34(15-3-1)55-58-56(60-57(59-55)62-47-24-10-6-18-40(47)41-19-7-11-25-48(41)62)42-21-13-27-52-54(42)43-32-35(28-30-49(43)63-52)37-20-12-26-51-53(37)44-33-36(29-31-50(44)64-51)61-45-22-8-4-16-38(45)39-17-5-9-23-46(39)61/h1-6,8-18,20-33H,7,19H2. The first-order chi connectivity index (χ1) is 31.7. The number of nitrogens with zero attached hydrogens (tertiary/aromatic N) is 5. The predicted octanol–water partition coefficient (Wildman–Crippen LogP) is 14.7. The van der Waals surface area contributed by atoms with E-state index >= 15 is 0 Å². The van der Waals surface area contributed by atoms with Crippen LogP contribution in [0.4, 0.5) is 0 Å². The number of hydrogen-bond donors (Lipinski definition) is 0. The van der Waals surface area contributed by atoms with Gasteiger partial charge in [0.25, 0.3) is 0 Å². The third kappa shape index (κ3) is 5.12. The third-order valence-corrected chi connectivity index (χ3v) is 13.1. The van der Waals surface area contributed by atoms with Crippen molar-refractivity contribution >= 4 is 82.7 Å². The Labute approximate surface area is 365 Å². The maximum absolute atomic E-state index is 6.62. The molecular weight excluding hydrogens is 787 g/mol. The second-order valence-corrected chi connectivity index (χ2v) is 16.6. The van der Waals surface area contributed by atoms with Crippen LogP contribution in [-0.2, 0) is 6.42 Å². The molecule has 0 atom stereocenters. The molecule has 0 spiro atoms. The minimum atomic E-state index is 0.578. The first-order valence-corrected chi connectivity index (χ1v) is 21.7. The second kappa shape index (κ2) is 13.5. The summed E-state index contributed by atoms with van der Waals surface area (Å²) in [6, 6.07) is 61.5. The molecule has 0 unspecified atom stereocenters. The minimum Gasteiger partial charge on any atom is -0.456 e. The molecule has 0 amide bonds. The molecule has 0 aliphatic heterocycles. The number of aromatic nitrogens is 5. The molecular formula is C57H35N5O2. The Bertz CT molecular complexity index is 4040. The highest BCUT2D eigenvalue weighted by molar-refractivity contribution is 6.17. The fourth-order valence-corrected chi connectivity index (χ4v) is 10.3. The monoisotopic (exact) mass is 821 g/mol. The smallest absolute Gasteiger partial charge is 0.238 e. The van der Waals surface area contributed by atoms with Gasteiger partial charge < -0.3 is 13.4 Å². The van der Waals surface area contributed by atoms with Crippen molar-refractivity contribution in [2.45, 2.75) is 12.8 Å². The molecule has 8 aromatic carbocycles. The van der Waals surface area contributed by atoms with Crippen molar-refractivity contribution in [3.05, 3.63) is 193 Å². The highest BCUT2D eigenvalue weighted by Crippen LogP contribution is 2.43. The summed E-state index contributed by atoms with van der Waals surface area (Å²) in [7, 11) is 0. The molecule has 5 aromatic heterocycles. The SMILES string of the molecule is C1=Cc2c(c3ccccc3n2-c2nc(-c3ccccc3)nc(-c3cccc4oc5ccc(-c6cccc7oc8ccc(-n9c%10ccccc%10c%10ccccc%109)cc8c67)cc5c34)n2)CC1. The van der Waals surface area contributed by atoms with Gasteiger partial charge in [0.05, 0.1) is 22.2 Å². The number of aryl methyl sites for hydroxylation is 1. The van der Waals surface area contributed by atoms with Crippen molar-refractivity contribution in [3.63, 3.8) is 0 Å². The minimum absolute atomic E-state index is 0.578. The highest BCUT2D eigenvalue weighted by Gasteiger charge is 2.24. The van der Waals surface area contributed by atoms with Crippen LogP contribution in [0.3, 0.4) is 0 Å². The zero-order chi connectivity index (χ0) is 41.9. The van der Waals surface area contributed by atoms with E-state index in [-0.39, 0.29) is 0 Å². The van der Waals surface area contributed by atoms with Crippen molar-refractivity contribution in [3.8, 4) is 45.5 Å². The lowest BCUT2D eigenvalue weighted by atomic mass is 9.97. The van der Waals surface area contributed by atoms with Crippen molar-refractivity contribution in [2.24, 2.45) is 0 Å². The van der Waals surface area contributed by atoms with Gasteiger partial charge >= 0.3 is 0 Å². The van der Waals surface area contributed by atoms with E-state index in [1.807, 2.05) is 30.3 Å². The van der Waals surface area contributed by atoms with E-state index in [2.05, 4.69) is 167 Å². The Balaban J connectivity index is 0.974. The summed E-state index contributed by atoms with van der Waals surface area (Å²) >= 11 is 0. The number of hydrogen-bond acceptors (Lipinski definition) is 5. The number of rotatable bonds is 5. The number of fused-ring (bicyclic) bond motifs is 12. The first kappa shape index (κ1) is 35.1. The lowest BCUT2D eigenvalue weighted by Gasteiger charge is -2.13. The molecule has 0 radical (unpaired) electrons. The fourth-order valence-electron chi connectivity index (χ4n) is 10.3. The summed E-state index contributed by atoms with van der Waals surface area (Å²) in [5, 5.41) is 7.75. The van der Waals surface area contributed by atoms with E-state index in [1.165, 1.54) is 32.8 Å². The molecule has 0 bridgehead atoms. The number of allylic oxidation sites excluding steroid dienone is 1. The van der Waals surface area contributed by atoms with Gasteiger partial charge in [-0.15, -0.1) is 0 Å². The quantitative estimate of drug-likeness (QED) is 0.173. The molecule has 1 aliphatic rings. The van der Waals surface area contributed by atoms with E-state index in [1.54, 1.807) is 0 Å². The van der Waals surface area contributed by atoms with E-state index in [9.17, 15) is 0 Å². The molecule has 7 heteroatoms. The molecule has 0 fully saturated rings. The van der Waals surface area contributed by atoms with Gasteiger partial charge in [-0.3, -0.25) is 4.57 Å². The number of benzene rings is 8. The third-order valence-electron chi connectivity index (χ3n) is 13.1. The van der Waals surface area contributed by atoms with Gasteiger partial charge in [-0.05, 0) is 96.3 Å². The van der Waals surface area contributed by atoms with Gasteiger partial charge in [-0.25, -0.2) is 4.98 Å². The Kier molecular flexibility index (Phi) is 7.39. The molecule has 5 heterocycles. The van der Waals surface area contributed by atoms with E-state index in [0.717, 1.165) is 95.9 Å². The van der Waals surface area contributed by atoms with Crippen LogP contribution in [0, 0.1) is 0 Å². The number of para-hydroxylation sites is 3. The first-order valence-electron chi connectivity index (χ1n) is 21.7. The molecule has 1 aliphatic carbocycles.